The van der Waals surface area contributed by atoms with Crippen LogP contribution >= 0.6 is 11.6 Å². The molecule has 0 spiro atoms. The molecule has 1 saturated heterocycles. The van der Waals surface area contributed by atoms with Crippen LogP contribution in [0.4, 0.5) is 10.3 Å². The van der Waals surface area contributed by atoms with Crippen LogP contribution in [0.3, 0.4) is 0 Å². The summed E-state index contributed by atoms with van der Waals surface area (Å²) in [6, 6.07) is 5.21. The Balaban J connectivity index is 1.41. The number of nitrogens with zero attached hydrogens (tertiary/aromatic N) is 7. The normalized spacial score (nSPS) is 18.6. The molecule has 4 heterocycles. The van der Waals surface area contributed by atoms with E-state index in [4.69, 9.17) is 21.6 Å². The predicted molar refractivity (Wildman–Crippen MR) is 128 cm³/mol. The topological polar surface area (TPSA) is 84.7 Å². The number of nitrogens with one attached hydrogen (secondary N) is 1. The van der Waals surface area contributed by atoms with Crippen molar-refractivity contribution in [2.45, 2.75) is 38.8 Å². The van der Waals surface area contributed by atoms with Gasteiger partial charge in [0.15, 0.2) is 5.65 Å². The fourth-order valence-electron chi connectivity index (χ4n) is 4.34. The van der Waals surface area contributed by atoms with E-state index in [1.165, 1.54) is 18.9 Å². The minimum absolute atomic E-state index is 0.0992. The van der Waals surface area contributed by atoms with Crippen molar-refractivity contribution in [1.29, 1.82) is 0 Å². The van der Waals surface area contributed by atoms with E-state index in [0.717, 1.165) is 30.0 Å². The average molecular weight is 479 g/mol. The first-order valence-corrected chi connectivity index (χ1v) is 11.8. The summed E-state index contributed by atoms with van der Waals surface area (Å²) < 4.78 is 17.0. The molecule has 1 aliphatic carbocycles. The predicted octanol–water partition coefficient (Wildman–Crippen LogP) is 4.18. The zero-order chi connectivity index (χ0) is 23.4. The van der Waals surface area contributed by atoms with E-state index < -0.39 is 5.82 Å². The summed E-state index contributed by atoms with van der Waals surface area (Å²) in [6.07, 6.45) is 6.46. The number of piperazine rings is 1. The van der Waals surface area contributed by atoms with Gasteiger partial charge in [-0.15, -0.1) is 0 Å². The first-order chi connectivity index (χ1) is 16.5. The summed E-state index contributed by atoms with van der Waals surface area (Å²) in [4.78, 5) is 21.0. The molecule has 3 aromatic heterocycles. The van der Waals surface area contributed by atoms with Gasteiger partial charge in [0, 0.05) is 42.0 Å². The van der Waals surface area contributed by atoms with Crippen LogP contribution in [-0.2, 0) is 0 Å². The summed E-state index contributed by atoms with van der Waals surface area (Å²) in [5.74, 6) is 0.0552. The van der Waals surface area contributed by atoms with Crippen molar-refractivity contribution >= 4 is 28.7 Å². The monoisotopic (exact) mass is 478 g/mol. The van der Waals surface area contributed by atoms with Gasteiger partial charge in [-0.1, -0.05) is 11.6 Å². The lowest BCUT2D eigenvalue weighted by molar-refractivity contribution is 0.466. The van der Waals surface area contributed by atoms with E-state index in [1.54, 1.807) is 12.1 Å². The van der Waals surface area contributed by atoms with Gasteiger partial charge in [-0.3, -0.25) is 4.68 Å². The van der Waals surface area contributed by atoms with Crippen LogP contribution in [0.15, 0.2) is 30.6 Å². The number of aryl methyl sites for hydroxylation is 2. The third-order valence-corrected chi connectivity index (χ3v) is 6.75. The van der Waals surface area contributed by atoms with Crippen LogP contribution in [0.1, 0.15) is 41.9 Å². The second kappa shape index (κ2) is 8.25. The molecule has 34 heavy (non-hydrogen) atoms. The molecule has 8 nitrogen and oxygen atoms in total. The molecule has 1 saturated carbocycles. The van der Waals surface area contributed by atoms with Gasteiger partial charge >= 0.3 is 0 Å². The maximum atomic E-state index is 14.9. The highest BCUT2D eigenvalue weighted by molar-refractivity contribution is 6.30. The SMILES string of the molecule is Cc1nc2nc(N3CCN[C@H](c4cnn(C5CC5)c4)C3)nc(-c3ccc(Cl)cc3F)c2nc1C. The fraction of sp³-hybridized carbons (Fsp3) is 0.375. The van der Waals surface area contributed by atoms with Crippen molar-refractivity contribution in [3.63, 3.8) is 0 Å². The molecule has 0 radical (unpaired) electrons. The molecule has 1 N–H and O–H groups in total. The van der Waals surface area contributed by atoms with Crippen molar-refractivity contribution in [1.82, 2.24) is 35.0 Å². The molecule has 0 bridgehead atoms. The number of hydrogen-bond donors (Lipinski definition) is 1. The molecule has 10 heteroatoms. The first kappa shape index (κ1) is 21.4. The van der Waals surface area contributed by atoms with Crippen molar-refractivity contribution in [3.8, 4) is 11.3 Å². The molecule has 1 aliphatic heterocycles. The first-order valence-electron chi connectivity index (χ1n) is 11.5. The Labute approximate surface area is 201 Å². The third kappa shape index (κ3) is 3.88. The number of rotatable bonds is 4. The van der Waals surface area contributed by atoms with Crippen molar-refractivity contribution in [2.75, 3.05) is 24.5 Å². The molecule has 1 atom stereocenters. The second-order valence-electron chi connectivity index (χ2n) is 9.00. The minimum Gasteiger partial charge on any atom is -0.338 e. The molecule has 0 unspecified atom stereocenters. The number of aromatic nitrogens is 6. The maximum absolute atomic E-state index is 14.9. The lowest BCUT2D eigenvalue weighted by Gasteiger charge is -2.33. The van der Waals surface area contributed by atoms with Crippen LogP contribution in [0.5, 0.6) is 0 Å². The highest BCUT2D eigenvalue weighted by atomic mass is 35.5. The Hall–Kier alpha value is -3.17. The van der Waals surface area contributed by atoms with Crippen LogP contribution < -0.4 is 10.2 Å². The Kier molecular flexibility index (Phi) is 5.18. The number of hydrogen-bond acceptors (Lipinski definition) is 7. The highest BCUT2D eigenvalue weighted by Crippen LogP contribution is 2.35. The van der Waals surface area contributed by atoms with E-state index in [9.17, 15) is 4.39 Å². The van der Waals surface area contributed by atoms with E-state index in [0.29, 0.717) is 46.0 Å². The lowest BCUT2D eigenvalue weighted by atomic mass is 10.1. The maximum Gasteiger partial charge on any atom is 0.228 e. The van der Waals surface area contributed by atoms with Crippen molar-refractivity contribution < 1.29 is 4.39 Å². The van der Waals surface area contributed by atoms with Gasteiger partial charge in [0.25, 0.3) is 0 Å². The van der Waals surface area contributed by atoms with Crippen LogP contribution in [0.25, 0.3) is 22.4 Å². The van der Waals surface area contributed by atoms with Crippen LogP contribution in [-0.4, -0.2) is 49.4 Å². The zero-order valence-corrected chi connectivity index (χ0v) is 19.7. The Morgan fingerprint density at radius 3 is 2.71 bits per heavy atom. The third-order valence-electron chi connectivity index (χ3n) is 6.52. The molecule has 174 valence electrons. The number of halogens is 2. The van der Waals surface area contributed by atoms with Crippen LogP contribution in [0.2, 0.25) is 5.02 Å². The van der Waals surface area contributed by atoms with Gasteiger partial charge in [0.05, 0.1) is 29.7 Å². The summed E-state index contributed by atoms with van der Waals surface area (Å²) in [6.45, 7) is 5.93. The quantitative estimate of drug-likeness (QED) is 0.471. The Morgan fingerprint density at radius 2 is 1.91 bits per heavy atom. The van der Waals surface area contributed by atoms with E-state index in [2.05, 4.69) is 36.2 Å². The van der Waals surface area contributed by atoms with E-state index in [1.807, 2.05) is 20.0 Å². The Bertz CT molecular complexity index is 1400. The molecular formula is C24H24ClFN8. The van der Waals surface area contributed by atoms with Gasteiger partial charge < -0.3 is 10.2 Å². The largest absolute Gasteiger partial charge is 0.338 e. The second-order valence-corrected chi connectivity index (χ2v) is 9.44. The molecule has 0 amide bonds. The van der Waals surface area contributed by atoms with Crippen molar-refractivity contribution in [3.05, 3.63) is 58.4 Å². The molecule has 2 fully saturated rings. The average Bonchev–Trinajstić information content (AvgIpc) is 3.56. The number of benzene rings is 1. The van der Waals surface area contributed by atoms with Gasteiger partial charge in [-0.05, 0) is 44.9 Å². The van der Waals surface area contributed by atoms with Gasteiger partial charge in [-0.25, -0.2) is 19.3 Å². The number of fused-ring (bicyclic) bond motifs is 1. The zero-order valence-electron chi connectivity index (χ0n) is 19.0. The van der Waals surface area contributed by atoms with Gasteiger partial charge in [0.1, 0.15) is 17.0 Å². The van der Waals surface area contributed by atoms with E-state index >= 15 is 0 Å². The molecule has 4 aromatic rings. The lowest BCUT2D eigenvalue weighted by Crippen LogP contribution is -2.46. The standard InChI is InChI=1S/C24H24ClFN8/c1-13-14(2)30-23-22(29-13)21(18-6-3-16(25)9-19(18)26)31-24(32-23)33-8-7-27-20(12-33)15-10-28-34(11-15)17-4-5-17/h3,6,9-11,17,20,27H,4-5,7-8,12H2,1-2H3/t20-/m0/s1. The summed E-state index contributed by atoms with van der Waals surface area (Å²) in [5.41, 5.74) is 4.36. The highest BCUT2D eigenvalue weighted by Gasteiger charge is 2.28. The summed E-state index contributed by atoms with van der Waals surface area (Å²) in [7, 11) is 0. The molecule has 1 aromatic carbocycles. The Morgan fingerprint density at radius 1 is 1.09 bits per heavy atom. The van der Waals surface area contributed by atoms with E-state index in [-0.39, 0.29) is 6.04 Å². The molecule has 2 aliphatic rings. The van der Waals surface area contributed by atoms with Crippen LogP contribution in [0, 0.1) is 19.7 Å². The van der Waals surface area contributed by atoms with Crippen molar-refractivity contribution in [2.24, 2.45) is 0 Å². The smallest absolute Gasteiger partial charge is 0.228 e. The summed E-state index contributed by atoms with van der Waals surface area (Å²) in [5, 5.41) is 8.44. The minimum atomic E-state index is -0.454. The molecule has 6 rings (SSSR count). The number of anilines is 1. The van der Waals surface area contributed by atoms with Gasteiger partial charge in [-0.2, -0.15) is 10.1 Å². The summed E-state index contributed by atoms with van der Waals surface area (Å²) >= 11 is 6.00. The molecular weight excluding hydrogens is 455 g/mol. The fourth-order valence-corrected chi connectivity index (χ4v) is 4.50. The van der Waals surface area contributed by atoms with Gasteiger partial charge in [0.2, 0.25) is 5.95 Å².